The quantitative estimate of drug-likeness (QED) is 0.598. The Morgan fingerprint density at radius 3 is 1.74 bits per heavy atom. The number of hydrogen-bond acceptors (Lipinski definition) is 7. The van der Waals surface area contributed by atoms with Gasteiger partial charge in [0.05, 0.1) is 0 Å². The third-order valence-electron chi connectivity index (χ3n) is 3.67. The molecule has 0 fully saturated rings. The van der Waals surface area contributed by atoms with Crippen molar-refractivity contribution in [3.8, 4) is 0 Å². The normalized spacial score (nSPS) is 13.8. The van der Waals surface area contributed by atoms with Crippen LogP contribution in [-0.4, -0.2) is 61.5 Å². The van der Waals surface area contributed by atoms with E-state index < -0.39 is 35.8 Å². The Hall–Kier alpha value is -0.320. The maximum atomic E-state index is 11.7. The van der Waals surface area contributed by atoms with E-state index in [4.69, 9.17) is 10.8 Å². The van der Waals surface area contributed by atoms with Crippen molar-refractivity contribution in [3.63, 3.8) is 0 Å². The van der Waals surface area contributed by atoms with E-state index >= 15 is 0 Å². The summed E-state index contributed by atoms with van der Waals surface area (Å²) in [5.41, 5.74) is 5.19. The zero-order chi connectivity index (χ0) is 18.9. The fourth-order valence-corrected chi connectivity index (χ4v) is 6.46. The fraction of sp³-hybridized carbons (Fsp3) is 0.923. The molecule has 0 saturated heterocycles. The number of aliphatic carboxylic acids is 1. The molecular weight excluding hydrogens is 362 g/mol. The van der Waals surface area contributed by atoms with Gasteiger partial charge in [0.15, 0.2) is 23.8 Å². The molecule has 0 heterocycles. The summed E-state index contributed by atoms with van der Waals surface area (Å²) in [6, 6.07) is -0.683. The highest BCUT2D eigenvalue weighted by atomic mass is 32.3. The molecule has 0 aromatic rings. The molecule has 0 radical (unpaired) electrons. The zero-order valence-electron chi connectivity index (χ0n) is 14.4. The van der Waals surface area contributed by atoms with Crippen molar-refractivity contribution < 1.29 is 26.7 Å². The molecule has 1 atom stereocenters. The van der Waals surface area contributed by atoms with Gasteiger partial charge in [0.1, 0.15) is 6.04 Å². The van der Waals surface area contributed by atoms with E-state index in [2.05, 4.69) is 0 Å². The smallest absolute Gasteiger partial charge is 0.320 e. The van der Waals surface area contributed by atoms with Crippen molar-refractivity contribution in [1.29, 1.82) is 0 Å². The Morgan fingerprint density at radius 2 is 1.52 bits per heavy atom. The van der Waals surface area contributed by atoms with E-state index in [-0.39, 0.29) is 17.9 Å². The molecule has 10 heteroatoms. The van der Waals surface area contributed by atoms with Crippen LogP contribution in [0.15, 0.2) is 0 Å². The monoisotopic (exact) mass is 391 g/mol. The van der Waals surface area contributed by atoms with Gasteiger partial charge in [-0.25, -0.2) is 16.8 Å². The minimum Gasteiger partial charge on any atom is -0.480 e. The first-order valence-electron chi connectivity index (χ1n) is 7.28. The highest BCUT2D eigenvalue weighted by Gasteiger charge is 2.47. The Labute approximate surface area is 144 Å². The first kappa shape index (κ1) is 24.9. The summed E-state index contributed by atoms with van der Waals surface area (Å²) in [6.07, 6.45) is 2.57. The van der Waals surface area contributed by atoms with Gasteiger partial charge in [-0.1, -0.05) is 20.8 Å². The van der Waals surface area contributed by atoms with Gasteiger partial charge in [0.2, 0.25) is 0 Å². The van der Waals surface area contributed by atoms with Gasteiger partial charge in [0.25, 0.3) is 0 Å². The predicted molar refractivity (Wildman–Crippen MR) is 96.2 cm³/mol. The van der Waals surface area contributed by atoms with Crippen molar-refractivity contribution in [3.05, 3.63) is 0 Å². The average molecular weight is 392 g/mol. The van der Waals surface area contributed by atoms with E-state index in [1.165, 1.54) is 20.8 Å². The van der Waals surface area contributed by atoms with E-state index in [9.17, 15) is 21.6 Å². The van der Waals surface area contributed by atoms with E-state index in [1.807, 2.05) is 6.26 Å². The lowest BCUT2D eigenvalue weighted by Gasteiger charge is -2.26. The van der Waals surface area contributed by atoms with Gasteiger partial charge in [0, 0.05) is 11.5 Å². The lowest BCUT2D eigenvalue weighted by Crippen LogP contribution is -2.44. The van der Waals surface area contributed by atoms with Crippen molar-refractivity contribution in [2.45, 2.75) is 50.7 Å². The molecule has 7 nitrogen and oxygen atoms in total. The van der Waals surface area contributed by atoms with Crippen LogP contribution in [0.5, 0.6) is 0 Å². The molecule has 0 spiro atoms. The van der Waals surface area contributed by atoms with Crippen LogP contribution in [-0.2, 0) is 24.5 Å². The fourth-order valence-electron chi connectivity index (χ4n) is 1.61. The average Bonchev–Trinajstić information content (AvgIpc) is 2.51. The van der Waals surface area contributed by atoms with E-state index in [0.717, 1.165) is 5.75 Å². The first-order valence-corrected chi connectivity index (χ1v) is 12.0. The van der Waals surface area contributed by atoms with Crippen molar-refractivity contribution in [2.24, 2.45) is 5.73 Å². The number of thioether (sulfide) groups is 1. The molecule has 0 saturated carbocycles. The van der Waals surface area contributed by atoms with Gasteiger partial charge < -0.3 is 10.8 Å². The minimum absolute atomic E-state index is 0.0966. The molecule has 3 N–H and O–H groups in total. The van der Waals surface area contributed by atoms with Crippen LogP contribution in [0.4, 0.5) is 0 Å². The number of carboxylic acids is 1. The first-order chi connectivity index (χ1) is 10.4. The maximum Gasteiger partial charge on any atom is 0.320 e. The molecule has 0 aliphatic heterocycles. The van der Waals surface area contributed by atoms with Crippen molar-refractivity contribution in [2.75, 3.05) is 23.5 Å². The van der Waals surface area contributed by atoms with E-state index in [1.54, 1.807) is 18.7 Å². The van der Waals surface area contributed by atoms with Gasteiger partial charge in [-0.05, 0) is 31.8 Å². The van der Waals surface area contributed by atoms with Crippen molar-refractivity contribution >= 4 is 37.4 Å². The molecule has 0 aliphatic carbocycles. The summed E-state index contributed by atoms with van der Waals surface area (Å²) in [4.78, 5) is 10.1. The molecule has 0 aliphatic rings. The lowest BCUT2D eigenvalue weighted by molar-refractivity contribution is -0.138. The number of carbonyl (C=O) groups is 1. The highest BCUT2D eigenvalue weighted by molar-refractivity contribution is 8.10. The van der Waals surface area contributed by atoms with Crippen LogP contribution in [0.1, 0.15) is 40.5 Å². The summed E-state index contributed by atoms with van der Waals surface area (Å²) in [6.45, 7) is 5.81. The van der Waals surface area contributed by atoms with Crippen LogP contribution in [0.25, 0.3) is 0 Å². The Balaban J connectivity index is 0. The van der Waals surface area contributed by atoms with Crippen LogP contribution in [0, 0.1) is 0 Å². The Bertz CT molecular complexity index is 522. The summed E-state index contributed by atoms with van der Waals surface area (Å²) in [7, 11) is -7.14. The number of nitrogens with two attached hydrogens (primary N) is 1. The summed E-state index contributed by atoms with van der Waals surface area (Å²) < 4.78 is 45.1. The minimum atomic E-state index is -3.57. The van der Waals surface area contributed by atoms with Gasteiger partial charge in [-0.3, -0.25) is 4.79 Å². The van der Waals surface area contributed by atoms with E-state index in [0.29, 0.717) is 6.42 Å². The summed E-state index contributed by atoms with van der Waals surface area (Å²) in [5.74, 6) is -0.385. The standard InChI is InChI=1S/C8H18O4S2.C5H11NO2S/c1-5-8(4,13(9,10)6-2)14(11,12)7-3;1-9-3-2-4(6)5(7)8/h5-7H2,1-4H3;4H,2-3,6H2,1H3,(H,7,8). The number of sulfone groups is 2. The Morgan fingerprint density at radius 1 is 1.13 bits per heavy atom. The van der Waals surface area contributed by atoms with Crippen LogP contribution < -0.4 is 5.73 Å². The van der Waals surface area contributed by atoms with Gasteiger partial charge in [-0.15, -0.1) is 0 Å². The second-order valence-corrected chi connectivity index (χ2v) is 11.7. The van der Waals surface area contributed by atoms with Crippen LogP contribution in [0.2, 0.25) is 0 Å². The predicted octanol–water partition coefficient (Wildman–Crippen LogP) is 1.13. The van der Waals surface area contributed by atoms with Crippen molar-refractivity contribution in [1.82, 2.24) is 0 Å². The topological polar surface area (TPSA) is 132 Å². The molecular formula is C13H29NO6S3. The molecule has 0 amide bonds. The molecule has 0 bridgehead atoms. The molecule has 0 aromatic carbocycles. The number of rotatable bonds is 9. The molecule has 140 valence electrons. The number of carboxylic acid groups (broad SMARTS) is 1. The highest BCUT2D eigenvalue weighted by Crippen LogP contribution is 2.29. The van der Waals surface area contributed by atoms with Crippen LogP contribution >= 0.6 is 11.8 Å². The van der Waals surface area contributed by atoms with Gasteiger partial charge in [-0.2, -0.15) is 11.8 Å². The second kappa shape index (κ2) is 10.5. The maximum absolute atomic E-state index is 11.7. The largest absolute Gasteiger partial charge is 0.480 e. The Kier molecular flexibility index (Phi) is 11.4. The molecule has 0 aromatic heterocycles. The third-order valence-corrected chi connectivity index (χ3v) is 10.6. The second-order valence-electron chi connectivity index (χ2n) is 5.02. The number of hydrogen-bond donors (Lipinski definition) is 2. The van der Waals surface area contributed by atoms with Crippen LogP contribution in [0.3, 0.4) is 0 Å². The molecule has 0 rings (SSSR count). The van der Waals surface area contributed by atoms with Gasteiger partial charge >= 0.3 is 5.97 Å². The summed E-state index contributed by atoms with van der Waals surface area (Å²) >= 11 is 1.60. The molecule has 23 heavy (non-hydrogen) atoms. The lowest BCUT2D eigenvalue weighted by atomic mass is 10.2. The SMILES string of the molecule is CCC(C)(S(=O)(=O)CC)S(=O)(=O)CC.CSCCC(N)C(=O)O. The third kappa shape index (κ3) is 6.98. The zero-order valence-corrected chi connectivity index (χ0v) is 16.9. The molecule has 1 unspecified atom stereocenters. The summed E-state index contributed by atoms with van der Waals surface area (Å²) in [5, 5.41) is 8.27.